The van der Waals surface area contributed by atoms with Gasteiger partial charge >= 0.3 is 0 Å². The summed E-state index contributed by atoms with van der Waals surface area (Å²) >= 11 is 1.23. The van der Waals surface area contributed by atoms with E-state index in [0.29, 0.717) is 12.3 Å². The molecule has 0 aromatic heterocycles. The molecule has 2 saturated heterocycles. The van der Waals surface area contributed by atoms with E-state index >= 15 is 0 Å². The third kappa shape index (κ3) is 1.93. The van der Waals surface area contributed by atoms with E-state index in [2.05, 4.69) is 24.2 Å². The van der Waals surface area contributed by atoms with Crippen molar-refractivity contribution in [3.05, 3.63) is 0 Å². The molecular formula is C9H19AlN2O. The molecule has 1 N–H and O–H groups in total. The predicted molar refractivity (Wildman–Crippen MR) is 55.4 cm³/mol. The van der Waals surface area contributed by atoms with Crippen molar-refractivity contribution < 1.29 is 4.74 Å². The van der Waals surface area contributed by atoms with Crippen LogP contribution in [0.2, 0.25) is 0 Å². The molecule has 0 spiro atoms. The van der Waals surface area contributed by atoms with Gasteiger partial charge in [0.15, 0.2) is 0 Å². The van der Waals surface area contributed by atoms with Gasteiger partial charge in [0.25, 0.3) is 0 Å². The SMILES string of the molecule is CC1CC2C(N[CH]1[AlH2])OCCN2C. The maximum absolute atomic E-state index is 5.74. The third-order valence-electron chi connectivity index (χ3n) is 3.55. The van der Waals surface area contributed by atoms with Crippen LogP contribution in [0.1, 0.15) is 13.3 Å². The molecule has 3 nitrogen and oxygen atoms in total. The highest BCUT2D eigenvalue weighted by Gasteiger charge is 2.37. The highest BCUT2D eigenvalue weighted by Crippen LogP contribution is 2.24. The lowest BCUT2D eigenvalue weighted by Gasteiger charge is -2.47. The number of ether oxygens (including phenoxy) is 1. The summed E-state index contributed by atoms with van der Waals surface area (Å²) in [5.41, 5.74) is 0. The first kappa shape index (κ1) is 9.95. The highest BCUT2D eigenvalue weighted by molar-refractivity contribution is 6.12. The fourth-order valence-corrected chi connectivity index (χ4v) is 2.90. The first-order valence-electron chi connectivity index (χ1n) is 5.26. The largest absolute Gasteiger partial charge is 0.360 e. The Bertz CT molecular complexity index is 190. The van der Waals surface area contributed by atoms with E-state index in [1.54, 1.807) is 0 Å². The highest BCUT2D eigenvalue weighted by atomic mass is 27.0. The molecule has 0 aromatic rings. The molecule has 2 aliphatic heterocycles. The van der Waals surface area contributed by atoms with E-state index in [1.165, 1.54) is 22.7 Å². The van der Waals surface area contributed by atoms with Gasteiger partial charge in [-0.15, -0.1) is 0 Å². The summed E-state index contributed by atoms with van der Waals surface area (Å²) in [5, 5.41) is 3.60. The molecule has 0 radical (unpaired) electrons. The van der Waals surface area contributed by atoms with Crippen LogP contribution in [0.3, 0.4) is 0 Å². The second-order valence-corrected chi connectivity index (χ2v) is 5.75. The van der Waals surface area contributed by atoms with Crippen molar-refractivity contribution >= 4 is 16.3 Å². The second kappa shape index (κ2) is 3.88. The Kier molecular flexibility index (Phi) is 2.97. The Morgan fingerprint density at radius 3 is 3.08 bits per heavy atom. The van der Waals surface area contributed by atoms with Crippen molar-refractivity contribution in [1.29, 1.82) is 0 Å². The van der Waals surface area contributed by atoms with Crippen molar-refractivity contribution in [2.75, 3.05) is 20.2 Å². The molecule has 2 fully saturated rings. The zero-order valence-electron chi connectivity index (χ0n) is 8.79. The summed E-state index contributed by atoms with van der Waals surface area (Å²) in [7, 11) is 2.21. The Hall–Kier alpha value is 0.412. The van der Waals surface area contributed by atoms with Gasteiger partial charge in [0.1, 0.15) is 6.23 Å². The van der Waals surface area contributed by atoms with Gasteiger partial charge in [-0.25, -0.2) is 0 Å². The van der Waals surface area contributed by atoms with E-state index in [1.807, 2.05) is 0 Å². The van der Waals surface area contributed by atoms with E-state index < -0.39 is 0 Å². The van der Waals surface area contributed by atoms with Crippen molar-refractivity contribution in [1.82, 2.24) is 10.2 Å². The zero-order chi connectivity index (χ0) is 9.42. The fourth-order valence-electron chi connectivity index (χ4n) is 2.30. The van der Waals surface area contributed by atoms with Crippen LogP contribution < -0.4 is 5.32 Å². The van der Waals surface area contributed by atoms with Crippen LogP contribution in [-0.4, -0.2) is 58.6 Å². The fraction of sp³-hybridized carbons (Fsp3) is 1.00. The van der Waals surface area contributed by atoms with Crippen LogP contribution in [0.25, 0.3) is 0 Å². The smallest absolute Gasteiger partial charge is 0.239 e. The van der Waals surface area contributed by atoms with Crippen molar-refractivity contribution in [3.8, 4) is 0 Å². The lowest BCUT2D eigenvalue weighted by Crippen LogP contribution is -2.63. The van der Waals surface area contributed by atoms with Gasteiger partial charge in [-0.1, -0.05) is 6.92 Å². The Morgan fingerprint density at radius 2 is 2.31 bits per heavy atom. The maximum atomic E-state index is 5.74. The van der Waals surface area contributed by atoms with E-state index in [9.17, 15) is 0 Å². The quantitative estimate of drug-likeness (QED) is 0.517. The average Bonchev–Trinajstić information content (AvgIpc) is 2.09. The summed E-state index contributed by atoms with van der Waals surface area (Å²) in [6.07, 6.45) is 1.60. The van der Waals surface area contributed by atoms with E-state index in [-0.39, 0.29) is 0 Å². The van der Waals surface area contributed by atoms with Gasteiger partial charge < -0.3 is 10.1 Å². The summed E-state index contributed by atoms with van der Waals surface area (Å²) in [5.74, 6) is 0.817. The standard InChI is InChI=1S/C9H17N2O.Al.2H/c1-7-5-8-9(10-6-7)12-4-3-11(8)2;;;/h6-10H,3-5H2,1-2H3;;;. The zero-order valence-corrected chi connectivity index (χ0v) is 10.8. The van der Waals surface area contributed by atoms with Crippen LogP contribution in [0.5, 0.6) is 0 Å². The van der Waals surface area contributed by atoms with Crippen LogP contribution >= 0.6 is 0 Å². The van der Waals surface area contributed by atoms with Crippen molar-refractivity contribution in [3.63, 3.8) is 0 Å². The first-order chi connectivity index (χ1) is 6.18. The molecule has 2 aliphatic rings. The molecule has 13 heavy (non-hydrogen) atoms. The molecule has 4 atom stereocenters. The molecule has 0 saturated carbocycles. The normalized spacial score (nSPS) is 47.2. The van der Waals surface area contributed by atoms with Crippen molar-refractivity contribution in [2.45, 2.75) is 30.5 Å². The molecule has 0 bridgehead atoms. The van der Waals surface area contributed by atoms with E-state index in [0.717, 1.165) is 24.0 Å². The third-order valence-corrected chi connectivity index (χ3v) is 5.02. The molecule has 2 rings (SSSR count). The Balaban J connectivity index is 2.04. The number of morpholine rings is 1. The van der Waals surface area contributed by atoms with Crippen LogP contribution in [0, 0.1) is 5.92 Å². The predicted octanol–water partition coefficient (Wildman–Crippen LogP) is -0.768. The second-order valence-electron chi connectivity index (χ2n) is 4.51. The summed E-state index contributed by atoms with van der Waals surface area (Å²) < 4.78 is 5.74. The average molecular weight is 198 g/mol. The molecular weight excluding hydrogens is 179 g/mol. The van der Waals surface area contributed by atoms with Crippen LogP contribution in [0.4, 0.5) is 0 Å². The van der Waals surface area contributed by atoms with Crippen LogP contribution in [-0.2, 0) is 4.74 Å². The summed E-state index contributed by atoms with van der Waals surface area (Å²) in [6, 6.07) is 0.606. The number of fused-ring (bicyclic) bond motifs is 1. The first-order valence-corrected chi connectivity index (χ1v) is 6.42. The number of hydrogen-bond acceptors (Lipinski definition) is 3. The summed E-state index contributed by atoms with van der Waals surface area (Å²) in [4.78, 5) is 3.17. The minimum absolute atomic E-state index is 0.303. The minimum atomic E-state index is 0.303. The number of hydrogen-bond donors (Lipinski definition) is 1. The molecule has 4 heteroatoms. The molecule has 0 aliphatic carbocycles. The Morgan fingerprint density at radius 1 is 1.54 bits per heavy atom. The number of rotatable bonds is 0. The number of nitrogens with one attached hydrogen (secondary N) is 1. The van der Waals surface area contributed by atoms with E-state index in [4.69, 9.17) is 4.74 Å². The molecule has 0 amide bonds. The minimum Gasteiger partial charge on any atom is -0.360 e. The molecule has 2 heterocycles. The number of likely N-dealkylation sites (N-methyl/N-ethyl adjacent to an activating group) is 1. The number of piperidine rings is 1. The topological polar surface area (TPSA) is 24.5 Å². The van der Waals surface area contributed by atoms with Gasteiger partial charge in [-0.05, 0) is 24.3 Å². The van der Waals surface area contributed by atoms with Gasteiger partial charge in [-0.2, -0.15) is 0 Å². The monoisotopic (exact) mass is 198 g/mol. The lowest BCUT2D eigenvalue weighted by molar-refractivity contribution is -0.102. The number of nitrogens with zero attached hydrogens (tertiary/aromatic N) is 1. The Labute approximate surface area is 88.2 Å². The molecule has 4 unspecified atom stereocenters. The molecule has 74 valence electrons. The van der Waals surface area contributed by atoms with Crippen LogP contribution in [0.15, 0.2) is 0 Å². The van der Waals surface area contributed by atoms with Gasteiger partial charge in [0.05, 0.1) is 6.61 Å². The van der Waals surface area contributed by atoms with Gasteiger partial charge in [-0.3, -0.25) is 4.90 Å². The summed E-state index contributed by atoms with van der Waals surface area (Å²) in [6.45, 7) is 4.32. The molecule has 0 aromatic carbocycles. The van der Waals surface area contributed by atoms with Gasteiger partial charge in [0, 0.05) is 12.6 Å². The lowest BCUT2D eigenvalue weighted by atomic mass is 9.94. The van der Waals surface area contributed by atoms with Crippen molar-refractivity contribution in [2.24, 2.45) is 5.92 Å². The van der Waals surface area contributed by atoms with Gasteiger partial charge in [0.2, 0.25) is 16.3 Å². The maximum Gasteiger partial charge on any atom is 0.239 e.